The van der Waals surface area contributed by atoms with Crippen molar-refractivity contribution in [3.05, 3.63) is 53.1 Å². The molecule has 1 fully saturated rings. The van der Waals surface area contributed by atoms with Gasteiger partial charge in [-0.3, -0.25) is 9.59 Å². The van der Waals surface area contributed by atoms with Gasteiger partial charge in [0.25, 0.3) is 5.91 Å². The molecule has 1 heterocycles. The Balaban J connectivity index is 1.52. The molecule has 2 amide bonds. The zero-order valence-electron chi connectivity index (χ0n) is 20.2. The largest absolute Gasteiger partial charge is 0.484 e. The summed E-state index contributed by atoms with van der Waals surface area (Å²) in [7, 11) is 0. The zero-order valence-corrected chi connectivity index (χ0v) is 20.9. The first kappa shape index (κ1) is 24.9. The summed E-state index contributed by atoms with van der Waals surface area (Å²) in [6.07, 6.45) is 0. The number of nitrogens with zero attached hydrogens (tertiary/aromatic N) is 2. The van der Waals surface area contributed by atoms with Crippen LogP contribution in [-0.4, -0.2) is 49.5 Å². The number of carbonyl (C=O) groups is 2. The number of ether oxygens (including phenoxy) is 1. The van der Waals surface area contributed by atoms with Crippen molar-refractivity contribution in [3.63, 3.8) is 0 Å². The first-order chi connectivity index (χ1) is 15.5. The van der Waals surface area contributed by atoms with E-state index in [1.54, 1.807) is 6.07 Å². The maximum absolute atomic E-state index is 12.5. The molecule has 0 aromatic heterocycles. The fraction of sp³-hybridized carbons (Fsp3) is 0.462. The molecule has 7 heteroatoms. The van der Waals surface area contributed by atoms with Crippen LogP contribution in [0.15, 0.2) is 42.5 Å². The van der Waals surface area contributed by atoms with Gasteiger partial charge in [-0.25, -0.2) is 0 Å². The van der Waals surface area contributed by atoms with E-state index in [1.165, 1.54) is 5.56 Å². The van der Waals surface area contributed by atoms with Crippen molar-refractivity contribution in [2.45, 2.75) is 40.5 Å². The van der Waals surface area contributed by atoms with Gasteiger partial charge in [0.1, 0.15) is 5.75 Å². The molecule has 0 radical (unpaired) electrons. The monoisotopic (exact) mass is 471 g/mol. The number of anilines is 2. The van der Waals surface area contributed by atoms with Crippen LogP contribution >= 0.6 is 11.6 Å². The topological polar surface area (TPSA) is 61.9 Å². The summed E-state index contributed by atoms with van der Waals surface area (Å²) in [6.45, 7) is 12.8. The van der Waals surface area contributed by atoms with E-state index in [2.05, 4.69) is 24.1 Å². The van der Waals surface area contributed by atoms with Gasteiger partial charge in [-0.15, -0.1) is 0 Å². The fourth-order valence-electron chi connectivity index (χ4n) is 3.76. The molecular formula is C26H34ClN3O3. The minimum Gasteiger partial charge on any atom is -0.484 e. The van der Waals surface area contributed by atoms with E-state index in [-0.39, 0.29) is 23.8 Å². The molecule has 0 unspecified atom stereocenters. The Morgan fingerprint density at radius 2 is 1.67 bits per heavy atom. The molecule has 1 aliphatic rings. The van der Waals surface area contributed by atoms with Gasteiger partial charge >= 0.3 is 0 Å². The summed E-state index contributed by atoms with van der Waals surface area (Å²) in [4.78, 5) is 28.9. The maximum Gasteiger partial charge on any atom is 0.262 e. The third-order valence-corrected chi connectivity index (χ3v) is 6.00. The van der Waals surface area contributed by atoms with Gasteiger partial charge < -0.3 is 19.9 Å². The van der Waals surface area contributed by atoms with Crippen LogP contribution in [0.25, 0.3) is 0 Å². The van der Waals surface area contributed by atoms with Crippen molar-refractivity contribution in [3.8, 4) is 5.75 Å². The van der Waals surface area contributed by atoms with Gasteiger partial charge in [0.15, 0.2) is 6.61 Å². The molecular weight excluding hydrogens is 438 g/mol. The number of nitrogens with one attached hydrogen (secondary N) is 1. The predicted molar refractivity (Wildman–Crippen MR) is 134 cm³/mol. The molecule has 0 saturated carbocycles. The van der Waals surface area contributed by atoms with E-state index in [0.717, 1.165) is 18.8 Å². The second-order valence-electron chi connectivity index (χ2n) is 9.76. The van der Waals surface area contributed by atoms with Gasteiger partial charge in [0, 0.05) is 37.3 Å². The number of piperazine rings is 1. The quantitative estimate of drug-likeness (QED) is 0.630. The van der Waals surface area contributed by atoms with Crippen molar-refractivity contribution in [2.75, 3.05) is 43.0 Å². The van der Waals surface area contributed by atoms with Crippen LogP contribution in [-0.2, 0) is 9.59 Å². The lowest BCUT2D eigenvalue weighted by molar-refractivity contribution is -0.139. The lowest BCUT2D eigenvalue weighted by Crippen LogP contribution is -2.51. The van der Waals surface area contributed by atoms with Crippen molar-refractivity contribution >= 4 is 34.8 Å². The summed E-state index contributed by atoms with van der Waals surface area (Å²) < 4.78 is 5.59. The number of rotatable bonds is 6. The summed E-state index contributed by atoms with van der Waals surface area (Å²) in [5.74, 6) is 1.03. The van der Waals surface area contributed by atoms with Crippen LogP contribution < -0.4 is 15.0 Å². The molecule has 6 nitrogen and oxygen atoms in total. The first-order valence-corrected chi connectivity index (χ1v) is 11.8. The highest BCUT2D eigenvalue weighted by Crippen LogP contribution is 2.30. The van der Waals surface area contributed by atoms with E-state index in [1.807, 2.05) is 62.1 Å². The minimum absolute atomic E-state index is 0.0792. The van der Waals surface area contributed by atoms with Crippen molar-refractivity contribution in [1.29, 1.82) is 0 Å². The van der Waals surface area contributed by atoms with E-state index in [0.29, 0.717) is 35.5 Å². The molecule has 0 bridgehead atoms. The Morgan fingerprint density at radius 3 is 2.21 bits per heavy atom. The maximum atomic E-state index is 12.5. The van der Waals surface area contributed by atoms with Gasteiger partial charge in [-0.1, -0.05) is 58.4 Å². The standard InChI is InChI=1S/C26H34ClN3O3/c1-18(2)19-6-9-21(10-7-19)33-17-24(31)28-20-8-11-23(22(27)16-20)29-12-14-30(15-13-29)25(32)26(3,4)5/h6-11,16,18H,12-15,17H2,1-5H3,(H,28,31). The van der Waals surface area contributed by atoms with Gasteiger partial charge in [-0.2, -0.15) is 0 Å². The molecule has 178 valence electrons. The highest BCUT2D eigenvalue weighted by molar-refractivity contribution is 6.33. The Labute approximate surface area is 201 Å². The normalized spacial score (nSPS) is 14.4. The summed E-state index contributed by atoms with van der Waals surface area (Å²) in [5, 5.41) is 3.40. The summed E-state index contributed by atoms with van der Waals surface area (Å²) in [5.41, 5.74) is 2.37. The molecule has 33 heavy (non-hydrogen) atoms. The van der Waals surface area contributed by atoms with Gasteiger partial charge in [0.2, 0.25) is 5.91 Å². The SMILES string of the molecule is CC(C)c1ccc(OCC(=O)Nc2ccc(N3CCN(C(=O)C(C)(C)C)CC3)c(Cl)c2)cc1. The van der Waals surface area contributed by atoms with Crippen LogP contribution in [0, 0.1) is 5.41 Å². The first-order valence-electron chi connectivity index (χ1n) is 11.4. The van der Waals surface area contributed by atoms with E-state index in [9.17, 15) is 9.59 Å². The van der Waals surface area contributed by atoms with Crippen LogP contribution in [0.1, 0.15) is 46.1 Å². The fourth-order valence-corrected chi connectivity index (χ4v) is 4.06. The summed E-state index contributed by atoms with van der Waals surface area (Å²) in [6, 6.07) is 13.3. The second kappa shape index (κ2) is 10.5. The second-order valence-corrected chi connectivity index (χ2v) is 10.2. The zero-order chi connectivity index (χ0) is 24.2. The Morgan fingerprint density at radius 1 is 1.03 bits per heavy atom. The highest BCUT2D eigenvalue weighted by Gasteiger charge is 2.30. The number of benzene rings is 2. The van der Waals surface area contributed by atoms with Crippen molar-refractivity contribution in [1.82, 2.24) is 4.90 Å². The molecule has 2 aromatic carbocycles. The summed E-state index contributed by atoms with van der Waals surface area (Å²) >= 11 is 6.53. The predicted octanol–water partition coefficient (Wildman–Crippen LogP) is 5.18. The minimum atomic E-state index is -0.374. The Bertz CT molecular complexity index is 975. The smallest absolute Gasteiger partial charge is 0.262 e. The molecule has 0 atom stereocenters. The lowest BCUT2D eigenvalue weighted by atomic mass is 9.94. The number of carbonyl (C=O) groups excluding carboxylic acids is 2. The van der Waals surface area contributed by atoms with Gasteiger partial charge in [0.05, 0.1) is 10.7 Å². The van der Waals surface area contributed by atoms with E-state index in [4.69, 9.17) is 16.3 Å². The third-order valence-electron chi connectivity index (χ3n) is 5.70. The number of hydrogen-bond donors (Lipinski definition) is 1. The lowest BCUT2D eigenvalue weighted by Gasteiger charge is -2.39. The highest BCUT2D eigenvalue weighted by atomic mass is 35.5. The van der Waals surface area contributed by atoms with Crippen molar-refractivity contribution < 1.29 is 14.3 Å². The number of amides is 2. The van der Waals surface area contributed by atoms with Crippen LogP contribution in [0.2, 0.25) is 5.02 Å². The van der Waals surface area contributed by atoms with Gasteiger partial charge in [-0.05, 0) is 41.8 Å². The van der Waals surface area contributed by atoms with E-state index >= 15 is 0 Å². The van der Waals surface area contributed by atoms with Crippen LogP contribution in [0.5, 0.6) is 5.75 Å². The molecule has 0 aliphatic carbocycles. The molecule has 0 spiro atoms. The Kier molecular flexibility index (Phi) is 7.90. The Hall–Kier alpha value is -2.73. The van der Waals surface area contributed by atoms with E-state index < -0.39 is 0 Å². The average Bonchev–Trinajstić information content (AvgIpc) is 2.77. The molecule has 1 saturated heterocycles. The molecule has 2 aromatic rings. The van der Waals surface area contributed by atoms with Crippen LogP contribution in [0.3, 0.4) is 0 Å². The molecule has 1 aliphatic heterocycles. The van der Waals surface area contributed by atoms with Crippen molar-refractivity contribution in [2.24, 2.45) is 5.41 Å². The molecule has 1 N–H and O–H groups in total. The molecule has 3 rings (SSSR count). The number of hydrogen-bond acceptors (Lipinski definition) is 4. The van der Waals surface area contributed by atoms with Crippen LogP contribution in [0.4, 0.5) is 11.4 Å². The number of halogens is 1. The third kappa shape index (κ3) is 6.64. The average molecular weight is 472 g/mol.